The molecule has 1 aromatic carbocycles. The van der Waals surface area contributed by atoms with Crippen LogP contribution in [0.2, 0.25) is 0 Å². The number of ketones is 1. The van der Waals surface area contributed by atoms with Crippen LogP contribution in [0, 0.1) is 11.8 Å². The Labute approximate surface area is 165 Å². The number of nitrogens with one attached hydrogen (secondary N) is 1. The number of phenols is 1. The highest BCUT2D eigenvalue weighted by Crippen LogP contribution is 2.30. The number of aliphatic hydroxyl groups is 2. The molecule has 0 aliphatic carbocycles. The number of hydrogen-bond donors (Lipinski definition) is 4. The molecular weight excluding hydrogens is 358 g/mol. The van der Waals surface area contributed by atoms with Crippen molar-refractivity contribution in [3.8, 4) is 5.75 Å². The van der Waals surface area contributed by atoms with Crippen LogP contribution in [0.25, 0.3) is 0 Å². The van der Waals surface area contributed by atoms with Crippen LogP contribution in [-0.4, -0.2) is 33.1 Å². The highest BCUT2D eigenvalue weighted by molar-refractivity contribution is 6.27. The number of aliphatic hydroxyl groups excluding tert-OH is 2. The Hall–Kier alpha value is -2.60. The first kappa shape index (κ1) is 21.7. The number of phenolic OH excluding ortho intramolecular Hbond substituents is 1. The molecule has 28 heavy (non-hydrogen) atoms. The number of aromatic hydroxyl groups is 1. The van der Waals surface area contributed by atoms with E-state index in [-0.39, 0.29) is 28.9 Å². The maximum absolute atomic E-state index is 12.7. The van der Waals surface area contributed by atoms with Crippen molar-refractivity contribution in [1.29, 1.82) is 0 Å². The summed E-state index contributed by atoms with van der Waals surface area (Å²) in [6, 6.07) is 4.59. The summed E-state index contributed by atoms with van der Waals surface area (Å²) < 4.78 is 0. The van der Waals surface area contributed by atoms with Crippen LogP contribution in [0.5, 0.6) is 5.75 Å². The Bertz CT molecular complexity index is 794. The predicted octanol–water partition coefficient (Wildman–Crippen LogP) is 3.32. The van der Waals surface area contributed by atoms with Gasteiger partial charge in [-0.1, -0.05) is 37.6 Å². The molecule has 4 unspecified atom stereocenters. The van der Waals surface area contributed by atoms with Gasteiger partial charge in [0.15, 0.2) is 5.78 Å². The minimum absolute atomic E-state index is 0.0343. The fourth-order valence-electron chi connectivity index (χ4n) is 3.59. The van der Waals surface area contributed by atoms with Crippen molar-refractivity contribution in [2.45, 2.75) is 52.7 Å². The first-order valence-corrected chi connectivity index (χ1v) is 9.52. The summed E-state index contributed by atoms with van der Waals surface area (Å²) in [6.45, 7) is 7.87. The minimum Gasteiger partial charge on any atom is -0.511 e. The Morgan fingerprint density at radius 3 is 2.39 bits per heavy atom. The fourth-order valence-corrected chi connectivity index (χ4v) is 3.59. The normalized spacial score (nSPS) is 22.6. The van der Waals surface area contributed by atoms with Gasteiger partial charge < -0.3 is 20.6 Å². The van der Waals surface area contributed by atoms with Crippen LogP contribution in [0.3, 0.4) is 0 Å². The second-order valence-electron chi connectivity index (χ2n) is 7.69. The van der Waals surface area contributed by atoms with Gasteiger partial charge in [0.2, 0.25) is 0 Å². The molecule has 1 saturated heterocycles. The molecule has 6 heteroatoms. The summed E-state index contributed by atoms with van der Waals surface area (Å²) in [5.74, 6) is -1.55. The first-order valence-electron chi connectivity index (χ1n) is 9.52. The summed E-state index contributed by atoms with van der Waals surface area (Å²) in [5.41, 5.74) is 1.37. The molecule has 0 spiro atoms. The third-order valence-corrected chi connectivity index (χ3v) is 5.23. The van der Waals surface area contributed by atoms with Crippen molar-refractivity contribution in [2.75, 3.05) is 0 Å². The molecule has 0 aromatic heterocycles. The van der Waals surface area contributed by atoms with E-state index in [0.717, 1.165) is 6.42 Å². The van der Waals surface area contributed by atoms with Gasteiger partial charge in [0, 0.05) is 5.92 Å². The quantitative estimate of drug-likeness (QED) is 0.248. The number of hydrogen-bond acceptors (Lipinski definition) is 5. The van der Waals surface area contributed by atoms with Crippen LogP contribution in [0.15, 0.2) is 47.2 Å². The third-order valence-electron chi connectivity index (χ3n) is 5.23. The van der Waals surface area contributed by atoms with Crippen molar-refractivity contribution in [3.63, 3.8) is 0 Å². The molecule has 4 N–H and O–H groups in total. The van der Waals surface area contributed by atoms with E-state index in [9.17, 15) is 24.9 Å². The maximum Gasteiger partial charge on any atom is 0.259 e. The lowest BCUT2D eigenvalue weighted by atomic mass is 9.88. The first-order chi connectivity index (χ1) is 13.1. The molecule has 1 fully saturated rings. The zero-order valence-electron chi connectivity index (χ0n) is 16.8. The van der Waals surface area contributed by atoms with Crippen LogP contribution < -0.4 is 5.32 Å². The number of allylic oxidation sites excluding steroid dienone is 3. The maximum atomic E-state index is 12.7. The van der Waals surface area contributed by atoms with Crippen molar-refractivity contribution in [1.82, 2.24) is 5.32 Å². The van der Waals surface area contributed by atoms with E-state index in [1.54, 1.807) is 6.92 Å². The van der Waals surface area contributed by atoms with Gasteiger partial charge in [-0.25, -0.2) is 0 Å². The molecule has 0 saturated carbocycles. The van der Waals surface area contributed by atoms with E-state index in [2.05, 4.69) is 12.2 Å². The Morgan fingerprint density at radius 1 is 1.21 bits per heavy atom. The lowest BCUT2D eigenvalue weighted by Crippen LogP contribution is -2.35. The van der Waals surface area contributed by atoms with E-state index < -0.39 is 23.8 Å². The average molecular weight is 387 g/mol. The van der Waals surface area contributed by atoms with Gasteiger partial charge in [-0.3, -0.25) is 9.59 Å². The highest BCUT2D eigenvalue weighted by Gasteiger charge is 2.43. The van der Waals surface area contributed by atoms with Gasteiger partial charge >= 0.3 is 0 Å². The van der Waals surface area contributed by atoms with Gasteiger partial charge in [0.1, 0.15) is 29.2 Å². The monoisotopic (exact) mass is 387 g/mol. The summed E-state index contributed by atoms with van der Waals surface area (Å²) in [4.78, 5) is 25.1. The Kier molecular flexibility index (Phi) is 7.02. The van der Waals surface area contributed by atoms with Crippen molar-refractivity contribution in [3.05, 3.63) is 52.8 Å². The van der Waals surface area contributed by atoms with Crippen LogP contribution >= 0.6 is 0 Å². The third kappa shape index (κ3) is 4.81. The largest absolute Gasteiger partial charge is 0.511 e. The summed E-state index contributed by atoms with van der Waals surface area (Å²) in [6.07, 6.45) is 2.29. The summed E-state index contributed by atoms with van der Waals surface area (Å²) in [7, 11) is 0. The SMILES string of the molecule is C/C=C(\C)CC(C)CC(C)/C(O)=C1\C(=O)NC(C(O)c2ccc(O)cc2)C1=O. The van der Waals surface area contributed by atoms with Crippen molar-refractivity contribution < 1.29 is 24.9 Å². The standard InChI is InChI=1S/C22H29NO5/c1-5-12(2)10-13(3)11-14(4)19(25)17-21(27)18(23-22(17)28)20(26)15-6-8-16(24)9-7-15/h5-9,13-14,18,20,24-26H,10-11H2,1-4H3,(H,23,28)/b12-5+,19-17+. The van der Waals surface area contributed by atoms with Crippen LogP contribution in [0.1, 0.15) is 52.2 Å². The summed E-state index contributed by atoms with van der Waals surface area (Å²) >= 11 is 0. The van der Waals surface area contributed by atoms with Gasteiger partial charge in [-0.15, -0.1) is 0 Å². The second-order valence-corrected chi connectivity index (χ2v) is 7.69. The second kappa shape index (κ2) is 9.06. The molecule has 2 rings (SSSR count). The molecule has 1 aliphatic heterocycles. The molecule has 1 aromatic rings. The molecule has 1 heterocycles. The lowest BCUT2D eigenvalue weighted by Gasteiger charge is -2.18. The number of carbonyl (C=O) groups is 2. The molecule has 4 atom stereocenters. The predicted molar refractivity (Wildman–Crippen MR) is 107 cm³/mol. The molecule has 152 valence electrons. The Morgan fingerprint density at radius 2 is 1.82 bits per heavy atom. The minimum atomic E-state index is -1.27. The van der Waals surface area contributed by atoms with E-state index >= 15 is 0 Å². The van der Waals surface area contributed by atoms with Crippen LogP contribution in [0.4, 0.5) is 0 Å². The van der Waals surface area contributed by atoms with E-state index in [1.807, 2.05) is 19.9 Å². The van der Waals surface area contributed by atoms with E-state index in [0.29, 0.717) is 12.0 Å². The smallest absolute Gasteiger partial charge is 0.259 e. The van der Waals surface area contributed by atoms with Gasteiger partial charge in [-0.2, -0.15) is 0 Å². The lowest BCUT2D eigenvalue weighted by molar-refractivity contribution is -0.118. The summed E-state index contributed by atoms with van der Waals surface area (Å²) in [5, 5.41) is 32.9. The molecule has 1 amide bonds. The number of amides is 1. The molecule has 1 aliphatic rings. The van der Waals surface area contributed by atoms with Crippen molar-refractivity contribution >= 4 is 11.7 Å². The zero-order valence-corrected chi connectivity index (χ0v) is 16.8. The van der Waals surface area contributed by atoms with Gasteiger partial charge in [-0.05, 0) is 50.3 Å². The molecule has 0 radical (unpaired) electrons. The van der Waals surface area contributed by atoms with E-state index in [4.69, 9.17) is 0 Å². The van der Waals surface area contributed by atoms with E-state index in [1.165, 1.54) is 29.8 Å². The molecular formula is C22H29NO5. The molecule has 0 bridgehead atoms. The molecule has 6 nitrogen and oxygen atoms in total. The number of benzene rings is 1. The average Bonchev–Trinajstić information content (AvgIpc) is 2.95. The topological polar surface area (TPSA) is 107 Å². The highest BCUT2D eigenvalue weighted by atomic mass is 16.3. The van der Waals surface area contributed by atoms with Gasteiger partial charge in [0.25, 0.3) is 5.91 Å². The Balaban J connectivity index is 2.17. The van der Waals surface area contributed by atoms with Gasteiger partial charge in [0.05, 0.1) is 0 Å². The zero-order chi connectivity index (χ0) is 21.0. The van der Waals surface area contributed by atoms with Crippen LogP contribution in [-0.2, 0) is 9.59 Å². The number of carbonyl (C=O) groups excluding carboxylic acids is 2. The fraction of sp³-hybridized carbons (Fsp3) is 0.455. The van der Waals surface area contributed by atoms with Crippen molar-refractivity contribution in [2.24, 2.45) is 11.8 Å². The number of rotatable bonds is 7. The number of Topliss-reactive ketones (excluding diaryl/α,β-unsaturated/α-hetero) is 1.